The van der Waals surface area contributed by atoms with E-state index in [1.165, 1.54) is 0 Å². The number of benzene rings is 1. The first-order valence-electron chi connectivity index (χ1n) is 7.95. The van der Waals surface area contributed by atoms with E-state index in [1.807, 2.05) is 18.2 Å². The fraction of sp³-hybridized carbons (Fsp3) is 0.333. The fourth-order valence-corrected chi connectivity index (χ4v) is 2.60. The molecule has 1 aliphatic rings. The SMILES string of the molecule is O=C(NC[C@H](CO)Cc1ccccn1)c1cccc2c1OCCO2. The fourth-order valence-electron chi connectivity index (χ4n) is 2.60. The Bertz CT molecular complexity index is 691. The number of hydrogen-bond donors (Lipinski definition) is 2. The summed E-state index contributed by atoms with van der Waals surface area (Å²) in [5, 5.41) is 12.4. The van der Waals surface area contributed by atoms with Crippen LogP contribution in [0.25, 0.3) is 0 Å². The highest BCUT2D eigenvalue weighted by molar-refractivity contribution is 5.97. The van der Waals surface area contributed by atoms with Gasteiger partial charge in [0.15, 0.2) is 11.5 Å². The molecule has 0 unspecified atom stereocenters. The van der Waals surface area contributed by atoms with Crippen LogP contribution in [0.4, 0.5) is 0 Å². The molecule has 0 saturated carbocycles. The van der Waals surface area contributed by atoms with Gasteiger partial charge in [-0.05, 0) is 30.7 Å². The molecule has 126 valence electrons. The first-order valence-corrected chi connectivity index (χ1v) is 7.95. The molecule has 2 aromatic rings. The number of carbonyl (C=O) groups excluding carboxylic acids is 1. The second-order valence-corrected chi connectivity index (χ2v) is 5.61. The highest BCUT2D eigenvalue weighted by Gasteiger charge is 2.21. The molecule has 6 heteroatoms. The van der Waals surface area contributed by atoms with Crippen molar-refractivity contribution in [3.05, 3.63) is 53.9 Å². The molecule has 1 aromatic carbocycles. The number of aliphatic hydroxyl groups is 1. The molecular formula is C18H20N2O4. The minimum atomic E-state index is -0.239. The number of nitrogens with zero attached hydrogens (tertiary/aromatic N) is 1. The zero-order valence-electron chi connectivity index (χ0n) is 13.3. The Balaban J connectivity index is 1.62. The van der Waals surface area contributed by atoms with Gasteiger partial charge < -0.3 is 19.9 Å². The van der Waals surface area contributed by atoms with E-state index in [0.29, 0.717) is 43.2 Å². The topological polar surface area (TPSA) is 80.7 Å². The van der Waals surface area contributed by atoms with Gasteiger partial charge in [-0.3, -0.25) is 9.78 Å². The van der Waals surface area contributed by atoms with Crippen molar-refractivity contribution in [2.75, 3.05) is 26.4 Å². The third kappa shape index (κ3) is 3.83. The number of fused-ring (bicyclic) bond motifs is 1. The molecule has 1 atom stereocenters. The molecule has 24 heavy (non-hydrogen) atoms. The van der Waals surface area contributed by atoms with Crippen molar-refractivity contribution >= 4 is 5.91 Å². The molecule has 0 radical (unpaired) electrons. The summed E-state index contributed by atoms with van der Waals surface area (Å²) in [6.45, 7) is 1.24. The lowest BCUT2D eigenvalue weighted by molar-refractivity contribution is 0.0929. The number of pyridine rings is 1. The van der Waals surface area contributed by atoms with Gasteiger partial charge in [0, 0.05) is 31.0 Å². The number of ether oxygens (including phenoxy) is 2. The summed E-state index contributed by atoms with van der Waals surface area (Å²) in [5.74, 6) is 0.727. The van der Waals surface area contributed by atoms with Gasteiger partial charge >= 0.3 is 0 Å². The summed E-state index contributed by atoms with van der Waals surface area (Å²) in [7, 11) is 0. The molecule has 1 amide bonds. The van der Waals surface area contributed by atoms with Crippen LogP contribution < -0.4 is 14.8 Å². The number of rotatable bonds is 6. The van der Waals surface area contributed by atoms with E-state index in [0.717, 1.165) is 5.69 Å². The second-order valence-electron chi connectivity index (χ2n) is 5.61. The number of aromatic nitrogens is 1. The van der Waals surface area contributed by atoms with Crippen LogP contribution in [-0.2, 0) is 6.42 Å². The van der Waals surface area contributed by atoms with Crippen molar-refractivity contribution in [3.63, 3.8) is 0 Å². The largest absolute Gasteiger partial charge is 0.486 e. The zero-order valence-corrected chi connectivity index (χ0v) is 13.3. The summed E-state index contributed by atoms with van der Waals surface area (Å²) >= 11 is 0. The summed E-state index contributed by atoms with van der Waals surface area (Å²) in [5.41, 5.74) is 1.33. The van der Waals surface area contributed by atoms with Crippen LogP contribution in [0.3, 0.4) is 0 Å². The molecular weight excluding hydrogens is 308 g/mol. The summed E-state index contributed by atoms with van der Waals surface area (Å²) < 4.78 is 11.0. The first-order chi connectivity index (χ1) is 11.8. The summed E-state index contributed by atoms with van der Waals surface area (Å²) in [6, 6.07) is 10.9. The van der Waals surface area contributed by atoms with Gasteiger partial charge in [0.25, 0.3) is 5.91 Å². The Morgan fingerprint density at radius 2 is 2.08 bits per heavy atom. The lowest BCUT2D eigenvalue weighted by Gasteiger charge is -2.21. The van der Waals surface area contributed by atoms with Gasteiger partial charge in [0.2, 0.25) is 0 Å². The van der Waals surface area contributed by atoms with Crippen LogP contribution in [-0.4, -0.2) is 42.4 Å². The second kappa shape index (κ2) is 7.79. The minimum Gasteiger partial charge on any atom is -0.486 e. The van der Waals surface area contributed by atoms with Crippen LogP contribution in [0.15, 0.2) is 42.6 Å². The maximum absolute atomic E-state index is 12.4. The van der Waals surface area contributed by atoms with Crippen LogP contribution in [0, 0.1) is 5.92 Å². The van der Waals surface area contributed by atoms with Crippen molar-refractivity contribution in [3.8, 4) is 11.5 Å². The monoisotopic (exact) mass is 328 g/mol. The van der Waals surface area contributed by atoms with Crippen molar-refractivity contribution in [2.24, 2.45) is 5.92 Å². The van der Waals surface area contributed by atoms with E-state index >= 15 is 0 Å². The number of carbonyl (C=O) groups is 1. The predicted molar refractivity (Wildman–Crippen MR) is 88.3 cm³/mol. The predicted octanol–water partition coefficient (Wildman–Crippen LogP) is 1.43. The van der Waals surface area contributed by atoms with Gasteiger partial charge in [-0.2, -0.15) is 0 Å². The smallest absolute Gasteiger partial charge is 0.255 e. The molecule has 0 fully saturated rings. The van der Waals surface area contributed by atoms with Gasteiger partial charge in [0.05, 0.1) is 5.56 Å². The normalized spacial score (nSPS) is 14.0. The third-order valence-corrected chi connectivity index (χ3v) is 3.84. The van der Waals surface area contributed by atoms with E-state index in [2.05, 4.69) is 10.3 Å². The van der Waals surface area contributed by atoms with Gasteiger partial charge in [-0.1, -0.05) is 12.1 Å². The van der Waals surface area contributed by atoms with Crippen molar-refractivity contribution in [1.82, 2.24) is 10.3 Å². The molecule has 0 aliphatic carbocycles. The maximum Gasteiger partial charge on any atom is 0.255 e. The zero-order chi connectivity index (χ0) is 16.8. The van der Waals surface area contributed by atoms with Gasteiger partial charge in [-0.25, -0.2) is 0 Å². The first kappa shape index (κ1) is 16.3. The lowest BCUT2D eigenvalue weighted by Crippen LogP contribution is -2.32. The molecule has 1 aromatic heterocycles. The molecule has 2 heterocycles. The highest BCUT2D eigenvalue weighted by Crippen LogP contribution is 2.33. The number of amides is 1. The number of hydrogen-bond acceptors (Lipinski definition) is 5. The van der Waals surface area contributed by atoms with Crippen molar-refractivity contribution in [2.45, 2.75) is 6.42 Å². The lowest BCUT2D eigenvalue weighted by atomic mass is 10.0. The summed E-state index contributed by atoms with van der Waals surface area (Å²) in [4.78, 5) is 16.7. The molecule has 2 N–H and O–H groups in total. The van der Waals surface area contributed by atoms with E-state index in [1.54, 1.807) is 24.4 Å². The number of para-hydroxylation sites is 1. The molecule has 0 bridgehead atoms. The summed E-state index contributed by atoms with van der Waals surface area (Å²) in [6.07, 6.45) is 2.32. The molecule has 0 spiro atoms. The standard InChI is InChI=1S/C18H20N2O4/c21-12-13(10-14-4-1-2-7-19-14)11-20-18(22)15-5-3-6-16-17(15)24-9-8-23-16/h1-7,13,21H,8-12H2,(H,20,22)/t13-/m1/s1. The number of aliphatic hydroxyl groups excluding tert-OH is 1. The van der Waals surface area contributed by atoms with Crippen LogP contribution in [0.2, 0.25) is 0 Å². The Morgan fingerprint density at radius 1 is 1.21 bits per heavy atom. The van der Waals surface area contributed by atoms with Crippen LogP contribution in [0.1, 0.15) is 16.1 Å². The minimum absolute atomic E-state index is 0.0244. The van der Waals surface area contributed by atoms with Crippen molar-refractivity contribution in [1.29, 1.82) is 0 Å². The van der Waals surface area contributed by atoms with Crippen LogP contribution in [0.5, 0.6) is 11.5 Å². The average Bonchev–Trinajstić information content (AvgIpc) is 2.65. The van der Waals surface area contributed by atoms with E-state index in [-0.39, 0.29) is 18.4 Å². The van der Waals surface area contributed by atoms with E-state index in [9.17, 15) is 9.90 Å². The average molecular weight is 328 g/mol. The van der Waals surface area contributed by atoms with Gasteiger partial charge in [-0.15, -0.1) is 0 Å². The van der Waals surface area contributed by atoms with E-state index < -0.39 is 0 Å². The Labute approximate surface area is 140 Å². The molecule has 6 nitrogen and oxygen atoms in total. The quantitative estimate of drug-likeness (QED) is 0.838. The Morgan fingerprint density at radius 3 is 2.88 bits per heavy atom. The Hall–Kier alpha value is -2.60. The van der Waals surface area contributed by atoms with Gasteiger partial charge in [0.1, 0.15) is 13.2 Å². The van der Waals surface area contributed by atoms with Crippen molar-refractivity contribution < 1.29 is 19.4 Å². The molecule has 3 rings (SSSR count). The Kier molecular flexibility index (Phi) is 5.28. The molecule has 0 saturated heterocycles. The maximum atomic E-state index is 12.4. The molecule has 1 aliphatic heterocycles. The highest BCUT2D eigenvalue weighted by atomic mass is 16.6. The van der Waals surface area contributed by atoms with Crippen LogP contribution >= 0.6 is 0 Å². The number of nitrogens with one attached hydrogen (secondary N) is 1. The third-order valence-electron chi connectivity index (χ3n) is 3.84. The van der Waals surface area contributed by atoms with E-state index in [4.69, 9.17) is 9.47 Å².